The minimum absolute atomic E-state index is 0.0809. The number of phenolic OH excluding ortho intramolecular Hbond substituents is 2. The zero-order valence-corrected chi connectivity index (χ0v) is 19.8. The highest BCUT2D eigenvalue weighted by molar-refractivity contribution is 7.92. The van der Waals surface area contributed by atoms with Gasteiger partial charge in [0.15, 0.2) is 0 Å². The highest BCUT2D eigenvalue weighted by atomic mass is 32.2. The van der Waals surface area contributed by atoms with Gasteiger partial charge in [0, 0.05) is 34.0 Å². The van der Waals surface area contributed by atoms with Crippen molar-refractivity contribution in [3.63, 3.8) is 0 Å². The average Bonchev–Trinajstić information content (AvgIpc) is 2.86. The van der Waals surface area contributed by atoms with Crippen molar-refractivity contribution in [1.29, 1.82) is 0 Å². The molecule has 0 amide bonds. The van der Waals surface area contributed by atoms with Gasteiger partial charge in [-0.1, -0.05) is 60.7 Å². The van der Waals surface area contributed by atoms with E-state index >= 15 is 0 Å². The summed E-state index contributed by atoms with van der Waals surface area (Å²) in [5.41, 5.74) is 0.720. The van der Waals surface area contributed by atoms with Gasteiger partial charge in [0.25, 0.3) is 15.7 Å². The Balaban J connectivity index is 1.76. The predicted octanol–water partition coefficient (Wildman–Crippen LogP) is 6.09. The van der Waals surface area contributed by atoms with E-state index in [0.717, 1.165) is 11.5 Å². The van der Waals surface area contributed by atoms with Crippen LogP contribution in [0.3, 0.4) is 0 Å². The van der Waals surface area contributed by atoms with Gasteiger partial charge in [-0.05, 0) is 35.4 Å². The second-order valence-corrected chi connectivity index (χ2v) is 10.0. The summed E-state index contributed by atoms with van der Waals surface area (Å²) >= 11 is 0. The molecule has 0 radical (unpaired) electrons. The topological polar surface area (TPSA) is 130 Å². The van der Waals surface area contributed by atoms with E-state index in [9.17, 15) is 28.7 Å². The smallest absolute Gasteiger partial charge is 0.270 e. The number of aromatic hydroxyl groups is 2. The predicted molar refractivity (Wildman–Crippen MR) is 139 cm³/mol. The van der Waals surface area contributed by atoms with Gasteiger partial charge in [-0.2, -0.15) is 0 Å². The number of non-ortho nitro benzene ring substituents is 1. The fraction of sp³-hybridized carbons (Fsp3) is 0.0370. The van der Waals surface area contributed by atoms with E-state index in [-0.39, 0.29) is 33.3 Å². The van der Waals surface area contributed by atoms with Crippen LogP contribution in [-0.2, 0) is 10.0 Å². The summed E-state index contributed by atoms with van der Waals surface area (Å²) in [7, 11) is -4.25. The molecule has 0 bridgehead atoms. The molecule has 5 aromatic rings. The Bertz CT molecular complexity index is 1800. The molecule has 0 spiro atoms. The largest absolute Gasteiger partial charge is 0.507 e. The number of aryl methyl sites for hydroxylation is 1. The number of hydrogen-bond donors (Lipinski definition) is 3. The lowest BCUT2D eigenvalue weighted by Crippen LogP contribution is -2.15. The SMILES string of the molecule is Cc1ccc([N+](=O)[O-])cc1S(=O)(=O)Nc1cc(-c2c(O)ccc3ccccc23)c(O)c2ccccc12. The van der Waals surface area contributed by atoms with Crippen molar-refractivity contribution in [2.75, 3.05) is 4.72 Å². The van der Waals surface area contributed by atoms with E-state index in [2.05, 4.69) is 4.72 Å². The molecule has 8 nitrogen and oxygen atoms in total. The zero-order valence-electron chi connectivity index (χ0n) is 19.0. The molecule has 0 atom stereocenters. The molecule has 0 heterocycles. The molecule has 36 heavy (non-hydrogen) atoms. The van der Waals surface area contributed by atoms with Gasteiger partial charge in [-0.3, -0.25) is 14.8 Å². The van der Waals surface area contributed by atoms with Crippen molar-refractivity contribution in [3.05, 3.63) is 101 Å². The van der Waals surface area contributed by atoms with Crippen LogP contribution in [0.5, 0.6) is 11.5 Å². The van der Waals surface area contributed by atoms with Crippen LogP contribution >= 0.6 is 0 Å². The van der Waals surface area contributed by atoms with Crippen LogP contribution < -0.4 is 4.72 Å². The standard InChI is InChI=1S/C27H20N2O6S/c1-16-10-12-18(29(32)33)14-25(16)36(34,35)28-23-15-22(27(31)21-9-5-4-8-20(21)23)26-19-7-3-2-6-17(19)11-13-24(26)30/h2-15,28,30-31H,1H3. The van der Waals surface area contributed by atoms with E-state index in [1.54, 1.807) is 49.4 Å². The van der Waals surface area contributed by atoms with E-state index in [1.165, 1.54) is 24.3 Å². The van der Waals surface area contributed by atoms with Crippen LogP contribution in [0.25, 0.3) is 32.7 Å². The Kier molecular flexibility index (Phi) is 5.49. The average molecular weight is 501 g/mol. The summed E-state index contributed by atoms with van der Waals surface area (Å²) in [5, 5.41) is 35.5. The molecule has 0 fully saturated rings. The third-order valence-corrected chi connectivity index (χ3v) is 7.62. The van der Waals surface area contributed by atoms with Crippen molar-refractivity contribution in [2.45, 2.75) is 11.8 Å². The molecular weight excluding hydrogens is 480 g/mol. The second kappa shape index (κ2) is 8.54. The molecule has 5 rings (SSSR count). The Hall–Kier alpha value is -4.63. The number of anilines is 1. The lowest BCUT2D eigenvalue weighted by molar-refractivity contribution is -0.385. The first-order valence-corrected chi connectivity index (χ1v) is 12.4. The van der Waals surface area contributed by atoms with Crippen molar-refractivity contribution in [2.24, 2.45) is 0 Å². The van der Waals surface area contributed by atoms with Gasteiger partial charge < -0.3 is 10.2 Å². The quantitative estimate of drug-likeness (QED) is 0.152. The molecule has 0 saturated carbocycles. The Morgan fingerprint density at radius 3 is 2.22 bits per heavy atom. The maximum absolute atomic E-state index is 13.4. The Morgan fingerprint density at radius 1 is 0.833 bits per heavy atom. The normalized spacial score (nSPS) is 11.6. The Labute approximate surface area is 206 Å². The first-order valence-electron chi connectivity index (χ1n) is 10.9. The first kappa shape index (κ1) is 23.1. The van der Waals surface area contributed by atoms with E-state index < -0.39 is 14.9 Å². The second-order valence-electron chi connectivity index (χ2n) is 8.36. The number of hydrogen-bond acceptors (Lipinski definition) is 6. The van der Waals surface area contributed by atoms with Crippen LogP contribution in [0.4, 0.5) is 11.4 Å². The highest BCUT2D eigenvalue weighted by Gasteiger charge is 2.24. The minimum atomic E-state index is -4.25. The van der Waals surface area contributed by atoms with Gasteiger partial charge in [0.05, 0.1) is 15.5 Å². The fourth-order valence-electron chi connectivity index (χ4n) is 4.37. The summed E-state index contributed by atoms with van der Waals surface area (Å²) in [4.78, 5) is 10.4. The summed E-state index contributed by atoms with van der Waals surface area (Å²) in [6.07, 6.45) is 0. The van der Waals surface area contributed by atoms with Gasteiger partial charge >= 0.3 is 0 Å². The molecule has 5 aromatic carbocycles. The number of rotatable bonds is 5. The number of nitrogens with zero attached hydrogens (tertiary/aromatic N) is 1. The number of nitro benzene ring substituents is 1. The number of benzene rings is 5. The van der Waals surface area contributed by atoms with Crippen LogP contribution in [0.1, 0.15) is 5.56 Å². The molecular formula is C27H20N2O6S. The summed E-state index contributed by atoms with van der Waals surface area (Å²) in [6, 6.07) is 22.4. The third kappa shape index (κ3) is 3.85. The monoisotopic (exact) mass is 500 g/mol. The van der Waals surface area contributed by atoms with Crippen molar-refractivity contribution in [1.82, 2.24) is 0 Å². The summed E-state index contributed by atoms with van der Waals surface area (Å²) in [5.74, 6) is -0.200. The number of nitrogens with one attached hydrogen (secondary N) is 1. The van der Waals surface area contributed by atoms with Crippen LogP contribution in [0, 0.1) is 17.0 Å². The number of nitro groups is 1. The van der Waals surface area contributed by atoms with Crippen LogP contribution in [-0.4, -0.2) is 23.6 Å². The van der Waals surface area contributed by atoms with E-state index in [1.807, 2.05) is 12.1 Å². The molecule has 0 aromatic heterocycles. The van der Waals surface area contributed by atoms with Crippen LogP contribution in [0.2, 0.25) is 0 Å². The molecule has 0 aliphatic rings. The van der Waals surface area contributed by atoms with E-state index in [4.69, 9.17) is 0 Å². The lowest BCUT2D eigenvalue weighted by atomic mass is 9.93. The molecule has 0 aliphatic carbocycles. The van der Waals surface area contributed by atoms with Crippen LogP contribution in [0.15, 0.2) is 89.8 Å². The molecule has 3 N–H and O–H groups in total. The maximum Gasteiger partial charge on any atom is 0.270 e. The maximum atomic E-state index is 13.4. The summed E-state index contributed by atoms with van der Waals surface area (Å²) < 4.78 is 29.4. The Morgan fingerprint density at radius 2 is 1.50 bits per heavy atom. The fourth-order valence-corrected chi connectivity index (χ4v) is 5.71. The van der Waals surface area contributed by atoms with E-state index in [0.29, 0.717) is 27.3 Å². The van der Waals surface area contributed by atoms with Gasteiger partial charge in [-0.15, -0.1) is 0 Å². The molecule has 9 heteroatoms. The molecule has 0 aliphatic heterocycles. The molecule has 0 saturated heterocycles. The number of sulfonamides is 1. The lowest BCUT2D eigenvalue weighted by Gasteiger charge is -2.17. The zero-order chi connectivity index (χ0) is 25.6. The number of fused-ring (bicyclic) bond motifs is 2. The van der Waals surface area contributed by atoms with Crippen molar-refractivity contribution in [3.8, 4) is 22.6 Å². The summed E-state index contributed by atoms with van der Waals surface area (Å²) in [6.45, 7) is 1.55. The minimum Gasteiger partial charge on any atom is -0.507 e. The molecule has 0 unspecified atom stereocenters. The van der Waals surface area contributed by atoms with Gasteiger partial charge in [-0.25, -0.2) is 8.42 Å². The highest BCUT2D eigenvalue weighted by Crippen LogP contribution is 2.46. The van der Waals surface area contributed by atoms with Crippen molar-refractivity contribution < 1.29 is 23.6 Å². The van der Waals surface area contributed by atoms with Gasteiger partial charge in [0.2, 0.25) is 0 Å². The third-order valence-electron chi connectivity index (χ3n) is 6.11. The first-order chi connectivity index (χ1) is 17.2. The molecule has 180 valence electrons. The number of phenols is 2. The van der Waals surface area contributed by atoms with Gasteiger partial charge in [0.1, 0.15) is 11.5 Å². The van der Waals surface area contributed by atoms with Crippen molar-refractivity contribution >= 4 is 42.9 Å².